The van der Waals surface area contributed by atoms with Crippen molar-refractivity contribution in [3.8, 4) is 0 Å². The minimum atomic E-state index is -0.0962. The first kappa shape index (κ1) is 18.3. The van der Waals surface area contributed by atoms with Crippen LogP contribution < -0.4 is 10.6 Å². The van der Waals surface area contributed by atoms with Crippen LogP contribution in [0.25, 0.3) is 0 Å². The molecule has 1 fully saturated rings. The number of hydrogen-bond donors (Lipinski definition) is 2. The third-order valence-corrected chi connectivity index (χ3v) is 4.43. The van der Waals surface area contributed by atoms with Crippen molar-refractivity contribution < 1.29 is 9.59 Å². The van der Waals surface area contributed by atoms with Crippen LogP contribution in [0.4, 0.5) is 4.79 Å². The predicted octanol–water partition coefficient (Wildman–Crippen LogP) is 2.63. The van der Waals surface area contributed by atoms with E-state index in [2.05, 4.69) is 35.8 Å². The zero-order chi connectivity index (χ0) is 17.4. The van der Waals surface area contributed by atoms with Gasteiger partial charge in [-0.15, -0.1) is 0 Å². The number of carbonyl (C=O) groups is 2. The van der Waals surface area contributed by atoms with Crippen molar-refractivity contribution in [3.63, 3.8) is 0 Å². The maximum absolute atomic E-state index is 12.4. The molecule has 0 saturated carbocycles. The Balaban J connectivity index is 1.69. The van der Waals surface area contributed by atoms with E-state index in [1.54, 1.807) is 0 Å². The Labute approximate surface area is 144 Å². The van der Waals surface area contributed by atoms with Crippen LogP contribution in [-0.4, -0.2) is 42.5 Å². The lowest BCUT2D eigenvalue weighted by Crippen LogP contribution is -2.49. The molecule has 0 spiro atoms. The van der Waals surface area contributed by atoms with Gasteiger partial charge in [-0.05, 0) is 38.2 Å². The van der Waals surface area contributed by atoms with E-state index in [1.807, 2.05) is 17.9 Å². The number of amides is 3. The van der Waals surface area contributed by atoms with Gasteiger partial charge < -0.3 is 15.5 Å². The molecule has 24 heavy (non-hydrogen) atoms. The predicted molar refractivity (Wildman–Crippen MR) is 95.9 cm³/mol. The van der Waals surface area contributed by atoms with E-state index in [0.717, 1.165) is 38.8 Å². The van der Waals surface area contributed by atoms with E-state index in [4.69, 9.17) is 0 Å². The fraction of sp³-hybridized carbons (Fsp3) is 0.579. The highest BCUT2D eigenvalue weighted by molar-refractivity contribution is 5.77. The van der Waals surface area contributed by atoms with Crippen LogP contribution in [0, 0.1) is 6.92 Å². The first-order valence-electron chi connectivity index (χ1n) is 8.96. The number of likely N-dealkylation sites (tertiary alicyclic amines) is 1. The molecule has 5 nitrogen and oxygen atoms in total. The number of nitrogens with one attached hydrogen (secondary N) is 2. The minimum Gasteiger partial charge on any atom is -0.343 e. The molecule has 1 aliphatic rings. The van der Waals surface area contributed by atoms with Crippen LogP contribution in [0.5, 0.6) is 0 Å². The van der Waals surface area contributed by atoms with E-state index in [1.165, 1.54) is 11.1 Å². The highest BCUT2D eigenvalue weighted by atomic mass is 16.2. The van der Waals surface area contributed by atoms with Crippen molar-refractivity contribution in [2.24, 2.45) is 0 Å². The highest BCUT2D eigenvalue weighted by Gasteiger charge is 2.23. The lowest BCUT2D eigenvalue weighted by Gasteiger charge is -2.32. The average Bonchev–Trinajstić information content (AvgIpc) is 2.58. The molecule has 1 aromatic rings. The Morgan fingerprint density at radius 3 is 2.67 bits per heavy atom. The van der Waals surface area contributed by atoms with Crippen LogP contribution in [0.1, 0.15) is 43.7 Å². The summed E-state index contributed by atoms with van der Waals surface area (Å²) >= 11 is 0. The molecule has 1 saturated heterocycles. The van der Waals surface area contributed by atoms with Crippen LogP contribution in [0.3, 0.4) is 0 Å². The average molecular weight is 331 g/mol. The summed E-state index contributed by atoms with van der Waals surface area (Å²) in [5.41, 5.74) is 2.45. The van der Waals surface area contributed by atoms with Gasteiger partial charge in [0.1, 0.15) is 0 Å². The zero-order valence-electron chi connectivity index (χ0n) is 14.8. The van der Waals surface area contributed by atoms with Crippen molar-refractivity contribution >= 4 is 11.9 Å². The van der Waals surface area contributed by atoms with Gasteiger partial charge in [-0.1, -0.05) is 36.8 Å². The second-order valence-corrected chi connectivity index (χ2v) is 6.54. The summed E-state index contributed by atoms with van der Waals surface area (Å²) in [6, 6.07) is 8.39. The second-order valence-electron chi connectivity index (χ2n) is 6.54. The normalized spacial score (nSPS) is 15.2. The number of rotatable bonds is 6. The van der Waals surface area contributed by atoms with Gasteiger partial charge in [-0.3, -0.25) is 4.79 Å². The first-order chi connectivity index (χ1) is 11.6. The van der Waals surface area contributed by atoms with Gasteiger partial charge in [0.25, 0.3) is 0 Å². The molecule has 0 unspecified atom stereocenters. The fourth-order valence-electron chi connectivity index (χ4n) is 3.03. The smallest absolute Gasteiger partial charge is 0.315 e. The summed E-state index contributed by atoms with van der Waals surface area (Å²) in [5.74, 6) is 0.213. The number of carbonyl (C=O) groups excluding carboxylic acids is 2. The van der Waals surface area contributed by atoms with Crippen molar-refractivity contribution in [2.45, 2.75) is 52.0 Å². The number of hydrogen-bond acceptors (Lipinski definition) is 2. The van der Waals surface area contributed by atoms with Crippen LogP contribution >= 0.6 is 0 Å². The zero-order valence-corrected chi connectivity index (χ0v) is 14.8. The summed E-state index contributed by atoms with van der Waals surface area (Å²) < 4.78 is 0. The molecular formula is C19H29N3O2. The maximum Gasteiger partial charge on any atom is 0.315 e. The lowest BCUT2D eigenvalue weighted by molar-refractivity contribution is -0.132. The van der Waals surface area contributed by atoms with E-state index < -0.39 is 0 Å². The van der Waals surface area contributed by atoms with Gasteiger partial charge in [0.2, 0.25) is 5.91 Å². The molecule has 1 heterocycles. The van der Waals surface area contributed by atoms with Crippen LogP contribution in [0.15, 0.2) is 24.3 Å². The summed E-state index contributed by atoms with van der Waals surface area (Å²) in [4.78, 5) is 26.0. The summed E-state index contributed by atoms with van der Waals surface area (Å²) in [7, 11) is 0. The Bertz CT molecular complexity index is 551. The molecule has 2 rings (SSSR count). The largest absolute Gasteiger partial charge is 0.343 e. The molecule has 132 valence electrons. The summed E-state index contributed by atoms with van der Waals surface area (Å²) in [6.07, 6.45) is 3.93. The molecule has 2 N–H and O–H groups in total. The van der Waals surface area contributed by atoms with Crippen molar-refractivity contribution in [3.05, 3.63) is 35.4 Å². The SMILES string of the molecule is CCCNC(=O)NC1CCN(C(=O)CCc2cccc(C)c2)CC1. The number of benzene rings is 1. The van der Waals surface area contributed by atoms with Crippen molar-refractivity contribution in [1.29, 1.82) is 0 Å². The number of nitrogens with zero attached hydrogens (tertiary/aromatic N) is 1. The lowest BCUT2D eigenvalue weighted by atomic mass is 10.0. The Morgan fingerprint density at radius 2 is 2.00 bits per heavy atom. The Kier molecular flexibility index (Phi) is 7.09. The molecular weight excluding hydrogens is 302 g/mol. The molecule has 0 radical (unpaired) electrons. The molecule has 5 heteroatoms. The maximum atomic E-state index is 12.4. The van der Waals surface area contributed by atoms with Gasteiger partial charge in [-0.25, -0.2) is 4.79 Å². The van der Waals surface area contributed by atoms with Gasteiger partial charge in [-0.2, -0.15) is 0 Å². The summed E-state index contributed by atoms with van der Waals surface area (Å²) in [6.45, 7) is 6.25. The molecule has 1 aliphatic heterocycles. The van der Waals surface area contributed by atoms with Gasteiger partial charge >= 0.3 is 6.03 Å². The van der Waals surface area contributed by atoms with E-state index >= 15 is 0 Å². The monoisotopic (exact) mass is 331 g/mol. The molecule has 1 aromatic carbocycles. The third kappa shape index (κ3) is 5.87. The van der Waals surface area contributed by atoms with Crippen molar-refractivity contribution in [1.82, 2.24) is 15.5 Å². The highest BCUT2D eigenvalue weighted by Crippen LogP contribution is 2.13. The molecule has 0 atom stereocenters. The van der Waals surface area contributed by atoms with Crippen molar-refractivity contribution in [2.75, 3.05) is 19.6 Å². The molecule has 3 amide bonds. The fourth-order valence-corrected chi connectivity index (χ4v) is 3.03. The quantitative estimate of drug-likeness (QED) is 0.842. The van der Waals surface area contributed by atoms with Crippen LogP contribution in [-0.2, 0) is 11.2 Å². The van der Waals surface area contributed by atoms with E-state index in [-0.39, 0.29) is 18.0 Å². The van der Waals surface area contributed by atoms with E-state index in [9.17, 15) is 9.59 Å². The minimum absolute atomic E-state index is 0.0962. The molecule has 0 aromatic heterocycles. The van der Waals surface area contributed by atoms with Crippen LogP contribution in [0.2, 0.25) is 0 Å². The number of aryl methyl sites for hydroxylation is 2. The van der Waals surface area contributed by atoms with Gasteiger partial charge in [0.15, 0.2) is 0 Å². The van der Waals surface area contributed by atoms with Gasteiger partial charge in [0, 0.05) is 32.1 Å². The Morgan fingerprint density at radius 1 is 1.25 bits per heavy atom. The number of urea groups is 1. The molecule has 0 bridgehead atoms. The van der Waals surface area contributed by atoms with E-state index in [0.29, 0.717) is 13.0 Å². The summed E-state index contributed by atoms with van der Waals surface area (Å²) in [5, 5.41) is 5.82. The number of piperidine rings is 1. The first-order valence-corrected chi connectivity index (χ1v) is 8.96. The van der Waals surface area contributed by atoms with Gasteiger partial charge in [0.05, 0.1) is 0 Å². The second kappa shape index (κ2) is 9.30. The Hall–Kier alpha value is -2.04. The topological polar surface area (TPSA) is 61.4 Å². The molecule has 0 aliphatic carbocycles. The standard InChI is InChI=1S/C19H29N3O2/c1-3-11-20-19(24)21-17-9-12-22(13-10-17)18(23)8-7-16-6-4-5-15(2)14-16/h4-6,14,17H,3,7-13H2,1-2H3,(H2,20,21,24). The third-order valence-electron chi connectivity index (χ3n) is 4.43.